The van der Waals surface area contributed by atoms with E-state index in [1.807, 2.05) is 67.1 Å². The topological polar surface area (TPSA) is 88.1 Å². The summed E-state index contributed by atoms with van der Waals surface area (Å²) in [7, 11) is 0. The number of urea groups is 1. The Kier molecular flexibility index (Phi) is 6.06. The average molecular weight is 474 g/mol. The molecule has 2 heterocycles. The minimum atomic E-state index is -0.178. The Bertz CT molecular complexity index is 1320. The minimum absolute atomic E-state index is 0.106. The summed E-state index contributed by atoms with van der Waals surface area (Å²) in [6.07, 6.45) is 2.10. The molecule has 1 unspecified atom stereocenters. The number of fused-ring (bicyclic) bond motifs is 1. The van der Waals surface area contributed by atoms with Crippen molar-refractivity contribution in [3.05, 3.63) is 82.4 Å². The first-order chi connectivity index (χ1) is 16.5. The van der Waals surface area contributed by atoms with Crippen LogP contribution >= 0.6 is 11.3 Å². The normalized spacial score (nSPS) is 14.1. The van der Waals surface area contributed by atoms with Gasteiger partial charge < -0.3 is 16.0 Å². The second-order valence-corrected chi connectivity index (χ2v) is 9.78. The highest BCUT2D eigenvalue weighted by Gasteiger charge is 2.23. The van der Waals surface area contributed by atoms with Crippen molar-refractivity contribution in [2.45, 2.75) is 45.3 Å². The predicted molar refractivity (Wildman–Crippen MR) is 135 cm³/mol. The third-order valence-corrected chi connectivity index (χ3v) is 7.08. The number of benzene rings is 2. The Morgan fingerprint density at radius 2 is 1.85 bits per heavy atom. The molecule has 34 heavy (non-hydrogen) atoms. The summed E-state index contributed by atoms with van der Waals surface area (Å²) >= 11 is 1.46. The number of thiophene rings is 1. The first-order valence-electron chi connectivity index (χ1n) is 11.5. The lowest BCUT2D eigenvalue weighted by Gasteiger charge is -2.14. The number of rotatable bonds is 7. The predicted octanol–water partition coefficient (Wildman–Crippen LogP) is 5.23. The van der Waals surface area contributed by atoms with Gasteiger partial charge in [0.05, 0.1) is 23.2 Å². The molecule has 8 heteroatoms. The SMILES string of the molecule is Cc1nn(Cc2ccccc2)c2sc(C(=O)NC(C)c3ccc(NC(=O)NC4CC4)cc3)cc12. The van der Waals surface area contributed by atoms with E-state index in [0.29, 0.717) is 17.5 Å². The Balaban J connectivity index is 1.25. The van der Waals surface area contributed by atoms with Gasteiger partial charge in [-0.3, -0.25) is 9.48 Å². The molecule has 0 spiro atoms. The second-order valence-electron chi connectivity index (χ2n) is 8.75. The number of carbonyl (C=O) groups excluding carboxylic acids is 2. The fourth-order valence-electron chi connectivity index (χ4n) is 3.87. The van der Waals surface area contributed by atoms with Crippen LogP contribution in [0.2, 0.25) is 0 Å². The fraction of sp³-hybridized carbons (Fsp3) is 0.269. The molecule has 7 nitrogen and oxygen atoms in total. The Hall–Kier alpha value is -3.65. The van der Waals surface area contributed by atoms with Gasteiger partial charge in [0.1, 0.15) is 4.83 Å². The molecule has 1 aliphatic rings. The van der Waals surface area contributed by atoms with Gasteiger partial charge in [-0.2, -0.15) is 5.10 Å². The van der Waals surface area contributed by atoms with Crippen LogP contribution in [0.5, 0.6) is 0 Å². The molecule has 2 aromatic heterocycles. The molecule has 2 aromatic carbocycles. The van der Waals surface area contributed by atoms with Gasteiger partial charge in [0.25, 0.3) is 5.91 Å². The van der Waals surface area contributed by atoms with E-state index in [4.69, 9.17) is 0 Å². The number of nitrogens with zero attached hydrogens (tertiary/aromatic N) is 2. The van der Waals surface area contributed by atoms with E-state index in [0.717, 1.165) is 40.0 Å². The van der Waals surface area contributed by atoms with Gasteiger partial charge in [0, 0.05) is 17.1 Å². The highest BCUT2D eigenvalue weighted by Crippen LogP contribution is 2.29. The van der Waals surface area contributed by atoms with Crippen LogP contribution in [-0.2, 0) is 6.54 Å². The summed E-state index contributed by atoms with van der Waals surface area (Å²) < 4.78 is 1.97. The molecule has 5 rings (SSSR count). The van der Waals surface area contributed by atoms with Crippen molar-refractivity contribution < 1.29 is 9.59 Å². The van der Waals surface area contributed by atoms with Crippen molar-refractivity contribution in [1.82, 2.24) is 20.4 Å². The highest BCUT2D eigenvalue weighted by atomic mass is 32.1. The number of aromatic nitrogens is 2. The molecule has 3 N–H and O–H groups in total. The molecule has 0 saturated heterocycles. The van der Waals surface area contributed by atoms with E-state index in [9.17, 15) is 9.59 Å². The molecule has 1 aliphatic carbocycles. The van der Waals surface area contributed by atoms with E-state index < -0.39 is 0 Å². The zero-order valence-corrected chi connectivity index (χ0v) is 20.0. The van der Waals surface area contributed by atoms with Crippen molar-refractivity contribution in [3.63, 3.8) is 0 Å². The number of nitrogens with one attached hydrogen (secondary N) is 3. The van der Waals surface area contributed by atoms with E-state index in [-0.39, 0.29) is 18.0 Å². The van der Waals surface area contributed by atoms with Crippen molar-refractivity contribution >= 4 is 39.2 Å². The van der Waals surface area contributed by atoms with Crippen LogP contribution in [0.4, 0.5) is 10.5 Å². The Morgan fingerprint density at radius 3 is 2.56 bits per heavy atom. The number of amides is 3. The summed E-state index contributed by atoms with van der Waals surface area (Å²) in [6, 6.07) is 19.6. The van der Waals surface area contributed by atoms with Gasteiger partial charge >= 0.3 is 6.03 Å². The smallest absolute Gasteiger partial charge is 0.319 e. The van der Waals surface area contributed by atoms with Gasteiger partial charge in [-0.05, 0) is 56.0 Å². The summed E-state index contributed by atoms with van der Waals surface area (Å²) in [5.74, 6) is -0.106. The summed E-state index contributed by atoms with van der Waals surface area (Å²) in [6.45, 7) is 4.60. The largest absolute Gasteiger partial charge is 0.345 e. The van der Waals surface area contributed by atoms with Crippen molar-refractivity contribution in [1.29, 1.82) is 0 Å². The molecular weight excluding hydrogens is 446 g/mol. The maximum absolute atomic E-state index is 13.0. The zero-order valence-electron chi connectivity index (χ0n) is 19.2. The van der Waals surface area contributed by atoms with Crippen LogP contribution in [0, 0.1) is 6.92 Å². The molecule has 0 aliphatic heterocycles. The molecule has 174 valence electrons. The van der Waals surface area contributed by atoms with Crippen molar-refractivity contribution in [3.8, 4) is 0 Å². The molecule has 1 fully saturated rings. The quantitative estimate of drug-likeness (QED) is 0.343. The van der Waals surface area contributed by atoms with Crippen LogP contribution in [0.15, 0.2) is 60.7 Å². The highest BCUT2D eigenvalue weighted by molar-refractivity contribution is 7.20. The number of hydrogen-bond acceptors (Lipinski definition) is 4. The molecule has 3 amide bonds. The lowest BCUT2D eigenvalue weighted by molar-refractivity contribution is 0.0944. The molecule has 4 aromatic rings. The van der Waals surface area contributed by atoms with Crippen LogP contribution in [0.1, 0.15) is 52.3 Å². The van der Waals surface area contributed by atoms with Crippen LogP contribution in [-0.4, -0.2) is 27.8 Å². The standard InChI is InChI=1S/C26H27N5O2S/c1-16(19-8-10-20(11-9-19)28-26(33)29-21-12-13-21)27-24(32)23-14-22-17(2)30-31(25(22)34-23)15-18-6-4-3-5-7-18/h3-11,14,16,21H,12-13,15H2,1-2H3,(H,27,32)(H2,28,29,33). The summed E-state index contributed by atoms with van der Waals surface area (Å²) in [4.78, 5) is 26.6. The monoisotopic (exact) mass is 473 g/mol. The van der Waals surface area contributed by atoms with E-state index >= 15 is 0 Å². The first-order valence-corrected chi connectivity index (χ1v) is 12.3. The van der Waals surface area contributed by atoms with Crippen LogP contribution in [0.3, 0.4) is 0 Å². The van der Waals surface area contributed by atoms with Gasteiger partial charge in [-0.15, -0.1) is 11.3 Å². The molecular formula is C26H27N5O2S. The molecule has 0 radical (unpaired) electrons. The number of aryl methyl sites for hydroxylation is 1. The lowest BCUT2D eigenvalue weighted by Crippen LogP contribution is -2.30. The van der Waals surface area contributed by atoms with E-state index in [1.165, 1.54) is 16.9 Å². The average Bonchev–Trinajstić information content (AvgIpc) is 3.43. The van der Waals surface area contributed by atoms with Gasteiger partial charge in [-0.25, -0.2) is 4.79 Å². The van der Waals surface area contributed by atoms with Crippen LogP contribution < -0.4 is 16.0 Å². The number of anilines is 1. The second kappa shape index (κ2) is 9.30. The first kappa shape index (κ1) is 22.2. The number of carbonyl (C=O) groups is 2. The maximum Gasteiger partial charge on any atom is 0.319 e. The Morgan fingerprint density at radius 1 is 1.12 bits per heavy atom. The van der Waals surface area contributed by atoms with Gasteiger partial charge in [-0.1, -0.05) is 42.5 Å². The van der Waals surface area contributed by atoms with Gasteiger partial charge in [0.15, 0.2) is 0 Å². The third-order valence-electron chi connectivity index (χ3n) is 5.94. The van der Waals surface area contributed by atoms with E-state index in [1.54, 1.807) is 0 Å². The Labute approximate surface area is 202 Å². The maximum atomic E-state index is 13.0. The third kappa shape index (κ3) is 4.97. The van der Waals surface area contributed by atoms with Crippen LogP contribution in [0.25, 0.3) is 10.2 Å². The molecule has 0 bridgehead atoms. The lowest BCUT2D eigenvalue weighted by atomic mass is 10.1. The molecule has 1 saturated carbocycles. The fourth-order valence-corrected chi connectivity index (χ4v) is 4.94. The van der Waals surface area contributed by atoms with Crippen molar-refractivity contribution in [2.24, 2.45) is 0 Å². The van der Waals surface area contributed by atoms with E-state index in [2.05, 4.69) is 33.2 Å². The number of hydrogen-bond donors (Lipinski definition) is 3. The summed E-state index contributed by atoms with van der Waals surface area (Å²) in [5.41, 5.74) is 3.78. The zero-order chi connectivity index (χ0) is 23.7. The summed E-state index contributed by atoms with van der Waals surface area (Å²) in [5, 5.41) is 14.5. The minimum Gasteiger partial charge on any atom is -0.345 e. The van der Waals surface area contributed by atoms with Crippen molar-refractivity contribution in [2.75, 3.05) is 5.32 Å². The molecule has 1 atom stereocenters. The van der Waals surface area contributed by atoms with Gasteiger partial charge in [0.2, 0.25) is 0 Å².